The fraction of sp³-hybridized carbons (Fsp3) is 0.353. The number of benzene rings is 1. The summed E-state index contributed by atoms with van der Waals surface area (Å²) in [5, 5.41) is 0. The van der Waals surface area contributed by atoms with Gasteiger partial charge in [-0.25, -0.2) is 14.4 Å². The molecule has 1 aromatic rings. The van der Waals surface area contributed by atoms with Crippen molar-refractivity contribution in [3.63, 3.8) is 0 Å². The topological polar surface area (TPSA) is 34.4 Å². The van der Waals surface area contributed by atoms with Gasteiger partial charge in [0.25, 0.3) is 0 Å². The average Bonchev–Trinajstić information content (AvgIpc) is 2.56. The van der Waals surface area contributed by atoms with Crippen LogP contribution in [0.5, 0.6) is 0 Å². The second kappa shape index (κ2) is 5.84. The number of allylic oxidation sites excluding steroid dienone is 1. The first-order valence-corrected chi connectivity index (χ1v) is 8.65. The second-order valence-corrected chi connectivity index (χ2v) is 7.00. The molecule has 1 fully saturated rings. The van der Waals surface area contributed by atoms with Crippen molar-refractivity contribution in [1.82, 2.24) is 9.80 Å². The largest absolute Gasteiger partial charge is 0.351 e. The van der Waals surface area contributed by atoms with Crippen molar-refractivity contribution in [2.45, 2.75) is 6.92 Å². The fourth-order valence-electron chi connectivity index (χ4n) is 3.01. The van der Waals surface area contributed by atoms with Crippen LogP contribution in [0.2, 0.25) is 0 Å². The molecule has 0 N–H and O–H groups in total. The molecule has 124 valence electrons. The van der Waals surface area contributed by atoms with Crippen LogP contribution >= 0.6 is 15.9 Å². The molecule has 0 aromatic heterocycles. The zero-order valence-electron chi connectivity index (χ0n) is 13.6. The average molecular weight is 390 g/mol. The molecule has 7 heteroatoms. The Balaban J connectivity index is 1.84. The summed E-state index contributed by atoms with van der Waals surface area (Å²) in [6, 6.07) is 3.20. The molecule has 0 saturated carbocycles. The Labute approximate surface area is 148 Å². The third-order valence-electron chi connectivity index (χ3n) is 4.41. The van der Waals surface area contributed by atoms with E-state index in [9.17, 15) is 4.39 Å². The SMILES string of the molecule is CC1=C=CN2C(=N1)C(N1CCN(C)CC1)=Nc1cc(Br)c(F)cc12. The van der Waals surface area contributed by atoms with Crippen LogP contribution < -0.4 is 4.90 Å². The van der Waals surface area contributed by atoms with E-state index in [1.165, 1.54) is 6.07 Å². The smallest absolute Gasteiger partial charge is 0.182 e. The molecule has 3 aliphatic heterocycles. The Morgan fingerprint density at radius 1 is 1.12 bits per heavy atom. The molecule has 3 aliphatic rings. The van der Waals surface area contributed by atoms with Gasteiger partial charge in [0.05, 0.1) is 27.7 Å². The zero-order chi connectivity index (χ0) is 16.8. The first-order valence-electron chi connectivity index (χ1n) is 7.86. The molecule has 4 rings (SSSR count). The first kappa shape index (κ1) is 15.6. The molecule has 0 aliphatic carbocycles. The Bertz CT molecular complexity index is 830. The molecule has 1 saturated heterocycles. The van der Waals surface area contributed by atoms with E-state index in [1.807, 2.05) is 18.0 Å². The van der Waals surface area contributed by atoms with Gasteiger partial charge in [0, 0.05) is 32.2 Å². The third kappa shape index (κ3) is 2.59. The normalized spacial score (nSPS) is 20.2. The molecule has 5 nitrogen and oxygen atoms in total. The number of hydrogen-bond donors (Lipinski definition) is 0. The summed E-state index contributed by atoms with van der Waals surface area (Å²) in [7, 11) is 2.12. The molecule has 0 radical (unpaired) electrons. The van der Waals surface area contributed by atoms with E-state index >= 15 is 0 Å². The highest BCUT2D eigenvalue weighted by atomic mass is 79.9. The van der Waals surface area contributed by atoms with Crippen LogP contribution in [0.15, 0.2) is 44.2 Å². The number of anilines is 1. The number of halogens is 2. The molecule has 0 unspecified atom stereocenters. The third-order valence-corrected chi connectivity index (χ3v) is 5.02. The van der Waals surface area contributed by atoms with Crippen molar-refractivity contribution in [3.8, 4) is 0 Å². The monoisotopic (exact) mass is 389 g/mol. The number of aliphatic imine (C=N–C) groups is 2. The molecule has 0 bridgehead atoms. The van der Waals surface area contributed by atoms with Gasteiger partial charge in [-0.2, -0.15) is 0 Å². The summed E-state index contributed by atoms with van der Waals surface area (Å²) in [4.78, 5) is 15.9. The van der Waals surface area contributed by atoms with E-state index in [1.54, 1.807) is 6.07 Å². The highest BCUT2D eigenvalue weighted by Crippen LogP contribution is 2.38. The van der Waals surface area contributed by atoms with Crippen LogP contribution in [-0.2, 0) is 0 Å². The van der Waals surface area contributed by atoms with Gasteiger partial charge in [0.1, 0.15) is 5.82 Å². The number of amidine groups is 2. The van der Waals surface area contributed by atoms with Gasteiger partial charge >= 0.3 is 0 Å². The standard InChI is InChI=1S/C17H17BrFN5/c1-11-3-4-24-15-10-13(19)12(18)9-14(15)21-16(17(24)20-11)23-7-5-22(2)6-8-23/h4,9-10H,5-8H2,1-2H3. The van der Waals surface area contributed by atoms with Gasteiger partial charge in [0.2, 0.25) is 0 Å². The van der Waals surface area contributed by atoms with Crippen LogP contribution in [0.1, 0.15) is 6.92 Å². The fourth-order valence-corrected chi connectivity index (χ4v) is 3.34. The minimum absolute atomic E-state index is 0.314. The summed E-state index contributed by atoms with van der Waals surface area (Å²) in [6.07, 6.45) is 1.81. The lowest BCUT2D eigenvalue weighted by Crippen LogP contribution is -2.53. The van der Waals surface area contributed by atoms with Crippen molar-refractivity contribution in [1.29, 1.82) is 0 Å². The summed E-state index contributed by atoms with van der Waals surface area (Å²) in [5.74, 6) is 1.27. The number of fused-ring (bicyclic) bond motifs is 3. The second-order valence-electron chi connectivity index (χ2n) is 6.15. The maximum Gasteiger partial charge on any atom is 0.182 e. The Kier molecular flexibility index (Phi) is 3.79. The van der Waals surface area contributed by atoms with Crippen LogP contribution in [0.25, 0.3) is 0 Å². The van der Waals surface area contributed by atoms with Crippen molar-refractivity contribution >= 4 is 39.0 Å². The summed E-state index contributed by atoms with van der Waals surface area (Å²) in [5.41, 5.74) is 5.31. The van der Waals surface area contributed by atoms with Gasteiger partial charge in [-0.3, -0.25) is 4.90 Å². The van der Waals surface area contributed by atoms with Gasteiger partial charge in [-0.05, 0) is 36.0 Å². The van der Waals surface area contributed by atoms with Gasteiger partial charge < -0.3 is 9.80 Å². The first-order chi connectivity index (χ1) is 11.5. The van der Waals surface area contributed by atoms with E-state index in [2.05, 4.69) is 43.5 Å². The number of nitrogens with zero attached hydrogens (tertiary/aromatic N) is 5. The molecular weight excluding hydrogens is 373 g/mol. The van der Waals surface area contributed by atoms with Gasteiger partial charge in [-0.15, -0.1) is 0 Å². The van der Waals surface area contributed by atoms with E-state index in [-0.39, 0.29) is 5.82 Å². The summed E-state index contributed by atoms with van der Waals surface area (Å²) in [6.45, 7) is 5.66. The molecule has 3 heterocycles. The Morgan fingerprint density at radius 3 is 2.62 bits per heavy atom. The van der Waals surface area contributed by atoms with Crippen molar-refractivity contribution in [2.75, 3.05) is 38.1 Å². The number of piperazine rings is 1. The number of likely N-dealkylation sites (N-methyl/N-ethyl adjacent to an activating group) is 1. The van der Waals surface area contributed by atoms with Crippen molar-refractivity contribution in [2.24, 2.45) is 9.98 Å². The minimum atomic E-state index is -0.314. The number of hydrogen-bond acceptors (Lipinski definition) is 5. The zero-order valence-corrected chi connectivity index (χ0v) is 15.1. The van der Waals surface area contributed by atoms with E-state index in [0.717, 1.165) is 49.2 Å². The van der Waals surface area contributed by atoms with E-state index in [4.69, 9.17) is 4.99 Å². The molecule has 0 spiro atoms. The van der Waals surface area contributed by atoms with Crippen molar-refractivity contribution in [3.05, 3.63) is 40.1 Å². The van der Waals surface area contributed by atoms with Crippen LogP contribution in [0.4, 0.5) is 15.8 Å². The summed E-state index contributed by atoms with van der Waals surface area (Å²) < 4.78 is 14.4. The molecule has 24 heavy (non-hydrogen) atoms. The number of rotatable bonds is 0. The van der Waals surface area contributed by atoms with Crippen LogP contribution in [0.3, 0.4) is 0 Å². The molecule has 0 atom stereocenters. The molecular formula is C17H17BrFN5. The van der Waals surface area contributed by atoms with E-state index in [0.29, 0.717) is 10.2 Å². The Hall–Kier alpha value is -1.95. The molecule has 1 aromatic carbocycles. The molecule has 0 amide bonds. The Morgan fingerprint density at radius 2 is 1.88 bits per heavy atom. The lowest BCUT2D eigenvalue weighted by Gasteiger charge is -2.39. The van der Waals surface area contributed by atoms with Crippen LogP contribution in [0, 0.1) is 5.82 Å². The van der Waals surface area contributed by atoms with Gasteiger partial charge in [-0.1, -0.05) is 5.73 Å². The van der Waals surface area contributed by atoms with E-state index < -0.39 is 0 Å². The van der Waals surface area contributed by atoms with Gasteiger partial charge in [0.15, 0.2) is 11.7 Å². The maximum atomic E-state index is 14.0. The minimum Gasteiger partial charge on any atom is -0.351 e. The predicted molar refractivity (Wildman–Crippen MR) is 97.4 cm³/mol. The quantitative estimate of drug-likeness (QED) is 0.639. The van der Waals surface area contributed by atoms with Crippen LogP contribution in [-0.4, -0.2) is 54.7 Å². The highest BCUT2D eigenvalue weighted by Gasteiger charge is 2.32. The summed E-state index contributed by atoms with van der Waals surface area (Å²) >= 11 is 3.25. The maximum absolute atomic E-state index is 14.0. The van der Waals surface area contributed by atoms with Crippen molar-refractivity contribution < 1.29 is 4.39 Å². The lowest BCUT2D eigenvalue weighted by atomic mass is 10.1. The lowest BCUT2D eigenvalue weighted by molar-refractivity contribution is 0.217. The highest BCUT2D eigenvalue weighted by molar-refractivity contribution is 9.10. The predicted octanol–water partition coefficient (Wildman–Crippen LogP) is 3.11.